The Balaban J connectivity index is 2.40. The van der Waals surface area contributed by atoms with E-state index >= 15 is 0 Å². The zero-order valence-electron chi connectivity index (χ0n) is 10.3. The van der Waals surface area contributed by atoms with Gasteiger partial charge >= 0.3 is 0 Å². The second-order valence-electron chi connectivity index (χ2n) is 4.75. The molecule has 0 aliphatic heterocycles. The molecule has 1 heterocycles. The molecule has 2 unspecified atom stereocenters. The first-order chi connectivity index (χ1) is 7.02. The van der Waals surface area contributed by atoms with Crippen LogP contribution in [0.1, 0.15) is 32.9 Å². The van der Waals surface area contributed by atoms with Crippen molar-refractivity contribution < 1.29 is 0 Å². The Morgan fingerprint density at radius 3 is 2.53 bits per heavy atom. The Labute approximate surface area is 92.7 Å². The molecular formula is C12H23N3. The van der Waals surface area contributed by atoms with Crippen molar-refractivity contribution in [1.82, 2.24) is 9.78 Å². The third kappa shape index (κ3) is 3.34. The fourth-order valence-corrected chi connectivity index (χ4v) is 1.72. The number of hydrogen-bond acceptors (Lipinski definition) is 2. The minimum atomic E-state index is 0.292. The quantitative estimate of drug-likeness (QED) is 0.805. The monoisotopic (exact) mass is 209 g/mol. The molecular weight excluding hydrogens is 186 g/mol. The van der Waals surface area contributed by atoms with Crippen molar-refractivity contribution in [2.45, 2.75) is 39.7 Å². The van der Waals surface area contributed by atoms with Crippen LogP contribution in [0.25, 0.3) is 0 Å². The normalized spacial score (nSPS) is 15.6. The minimum absolute atomic E-state index is 0.292. The van der Waals surface area contributed by atoms with E-state index in [1.165, 1.54) is 5.69 Å². The molecule has 2 atom stereocenters. The molecule has 3 nitrogen and oxygen atoms in total. The molecule has 0 fully saturated rings. The first-order valence-corrected chi connectivity index (χ1v) is 5.74. The summed E-state index contributed by atoms with van der Waals surface area (Å²) in [6.07, 6.45) is 3.90. The van der Waals surface area contributed by atoms with Crippen molar-refractivity contribution in [1.29, 1.82) is 0 Å². The summed E-state index contributed by atoms with van der Waals surface area (Å²) in [6, 6.07) is 2.35. The number of nitrogens with two attached hydrogens (primary N) is 1. The van der Waals surface area contributed by atoms with Crippen molar-refractivity contribution in [3.8, 4) is 0 Å². The SMILES string of the molecule is CC(C)C(C)C(N)CCc1ccnn1C. The molecule has 0 bridgehead atoms. The van der Waals surface area contributed by atoms with Gasteiger partial charge in [0, 0.05) is 25.0 Å². The highest BCUT2D eigenvalue weighted by Gasteiger charge is 2.16. The molecule has 3 heteroatoms. The van der Waals surface area contributed by atoms with Gasteiger partial charge in [-0.3, -0.25) is 4.68 Å². The summed E-state index contributed by atoms with van der Waals surface area (Å²) in [4.78, 5) is 0. The summed E-state index contributed by atoms with van der Waals surface area (Å²) in [5.41, 5.74) is 7.42. The van der Waals surface area contributed by atoms with Crippen molar-refractivity contribution in [3.05, 3.63) is 18.0 Å². The Hall–Kier alpha value is -0.830. The first-order valence-electron chi connectivity index (χ1n) is 5.74. The molecule has 0 saturated heterocycles. The van der Waals surface area contributed by atoms with E-state index in [4.69, 9.17) is 5.73 Å². The molecule has 2 N–H and O–H groups in total. The van der Waals surface area contributed by atoms with Crippen molar-refractivity contribution in [2.24, 2.45) is 24.6 Å². The van der Waals surface area contributed by atoms with E-state index in [2.05, 4.69) is 31.9 Å². The summed E-state index contributed by atoms with van der Waals surface area (Å²) in [7, 11) is 1.98. The minimum Gasteiger partial charge on any atom is -0.327 e. The standard InChI is InChI=1S/C12H23N3/c1-9(2)10(3)12(13)6-5-11-7-8-14-15(11)4/h7-10,12H,5-6,13H2,1-4H3. The molecule has 0 spiro atoms. The van der Waals surface area contributed by atoms with Gasteiger partial charge in [-0.2, -0.15) is 5.10 Å². The van der Waals surface area contributed by atoms with E-state index in [1.54, 1.807) is 0 Å². The van der Waals surface area contributed by atoms with Gasteiger partial charge in [-0.05, 0) is 30.7 Å². The second-order valence-corrected chi connectivity index (χ2v) is 4.75. The highest BCUT2D eigenvalue weighted by molar-refractivity contribution is 5.00. The van der Waals surface area contributed by atoms with Crippen LogP contribution in [0.5, 0.6) is 0 Å². The molecule has 0 radical (unpaired) electrons. The Morgan fingerprint density at radius 1 is 1.40 bits per heavy atom. The molecule has 1 aromatic rings. The summed E-state index contributed by atoms with van der Waals surface area (Å²) >= 11 is 0. The maximum absolute atomic E-state index is 6.16. The number of aryl methyl sites for hydroxylation is 2. The van der Waals surface area contributed by atoms with Crippen LogP contribution in [0, 0.1) is 11.8 Å². The highest BCUT2D eigenvalue weighted by Crippen LogP contribution is 2.16. The van der Waals surface area contributed by atoms with Crippen molar-refractivity contribution in [2.75, 3.05) is 0 Å². The van der Waals surface area contributed by atoms with Gasteiger partial charge in [0.15, 0.2) is 0 Å². The predicted octanol–water partition coefficient (Wildman–Crippen LogP) is 1.97. The van der Waals surface area contributed by atoms with Crippen molar-refractivity contribution in [3.63, 3.8) is 0 Å². The molecule has 0 aromatic carbocycles. The van der Waals surface area contributed by atoms with E-state index in [1.807, 2.05) is 17.9 Å². The second kappa shape index (κ2) is 5.31. The van der Waals surface area contributed by atoms with Crippen LogP contribution < -0.4 is 5.73 Å². The van der Waals surface area contributed by atoms with Crippen LogP contribution in [0.3, 0.4) is 0 Å². The molecule has 86 valence electrons. The largest absolute Gasteiger partial charge is 0.327 e. The number of nitrogens with zero attached hydrogens (tertiary/aromatic N) is 2. The fraction of sp³-hybridized carbons (Fsp3) is 0.750. The summed E-state index contributed by atoms with van der Waals surface area (Å²) in [5.74, 6) is 1.24. The van der Waals surface area contributed by atoms with Crippen LogP contribution in [-0.4, -0.2) is 15.8 Å². The van der Waals surface area contributed by atoms with Crippen LogP contribution in [0.4, 0.5) is 0 Å². The number of rotatable bonds is 5. The topological polar surface area (TPSA) is 43.8 Å². The number of aromatic nitrogens is 2. The average molecular weight is 209 g/mol. The van der Waals surface area contributed by atoms with Crippen LogP contribution in [0.15, 0.2) is 12.3 Å². The van der Waals surface area contributed by atoms with Crippen LogP contribution in [-0.2, 0) is 13.5 Å². The molecule has 0 saturated carbocycles. The zero-order chi connectivity index (χ0) is 11.4. The Bertz CT molecular complexity index is 291. The lowest BCUT2D eigenvalue weighted by Crippen LogP contribution is -2.32. The van der Waals surface area contributed by atoms with Gasteiger partial charge in [-0.1, -0.05) is 20.8 Å². The zero-order valence-corrected chi connectivity index (χ0v) is 10.3. The van der Waals surface area contributed by atoms with Gasteiger partial charge in [0.1, 0.15) is 0 Å². The van der Waals surface area contributed by atoms with E-state index in [-0.39, 0.29) is 0 Å². The molecule has 0 aliphatic rings. The average Bonchev–Trinajstić information content (AvgIpc) is 2.59. The molecule has 1 rings (SSSR count). The smallest absolute Gasteiger partial charge is 0.0492 e. The van der Waals surface area contributed by atoms with Gasteiger partial charge < -0.3 is 5.73 Å². The van der Waals surface area contributed by atoms with E-state index < -0.39 is 0 Å². The Kier molecular flexibility index (Phi) is 4.33. The number of hydrogen-bond donors (Lipinski definition) is 1. The first kappa shape index (κ1) is 12.2. The van der Waals surface area contributed by atoms with Gasteiger partial charge in [-0.25, -0.2) is 0 Å². The van der Waals surface area contributed by atoms with E-state index in [9.17, 15) is 0 Å². The van der Waals surface area contributed by atoms with Gasteiger partial charge in [0.25, 0.3) is 0 Å². The van der Waals surface area contributed by atoms with Gasteiger partial charge in [0.05, 0.1) is 0 Å². The molecule has 0 amide bonds. The van der Waals surface area contributed by atoms with E-state index in [0.29, 0.717) is 17.9 Å². The lowest BCUT2D eigenvalue weighted by Gasteiger charge is -2.23. The lowest BCUT2D eigenvalue weighted by molar-refractivity contribution is 0.331. The summed E-state index contributed by atoms with van der Waals surface area (Å²) < 4.78 is 1.92. The van der Waals surface area contributed by atoms with Crippen LogP contribution in [0.2, 0.25) is 0 Å². The highest BCUT2D eigenvalue weighted by atomic mass is 15.2. The van der Waals surface area contributed by atoms with Gasteiger partial charge in [0.2, 0.25) is 0 Å². The predicted molar refractivity (Wildman–Crippen MR) is 63.5 cm³/mol. The summed E-state index contributed by atoms with van der Waals surface area (Å²) in [6.45, 7) is 6.70. The maximum atomic E-state index is 6.16. The summed E-state index contributed by atoms with van der Waals surface area (Å²) in [5, 5.41) is 4.15. The van der Waals surface area contributed by atoms with E-state index in [0.717, 1.165) is 12.8 Å². The molecule has 15 heavy (non-hydrogen) atoms. The lowest BCUT2D eigenvalue weighted by atomic mass is 9.88. The van der Waals surface area contributed by atoms with Crippen molar-refractivity contribution >= 4 is 0 Å². The maximum Gasteiger partial charge on any atom is 0.0492 e. The Morgan fingerprint density at radius 2 is 2.07 bits per heavy atom. The van der Waals surface area contributed by atoms with Gasteiger partial charge in [-0.15, -0.1) is 0 Å². The van der Waals surface area contributed by atoms with Crippen LogP contribution >= 0.6 is 0 Å². The third-order valence-electron chi connectivity index (χ3n) is 3.38. The molecule has 1 aromatic heterocycles. The fourth-order valence-electron chi connectivity index (χ4n) is 1.72. The molecule has 0 aliphatic carbocycles. The third-order valence-corrected chi connectivity index (χ3v) is 3.38.